The van der Waals surface area contributed by atoms with E-state index in [2.05, 4.69) is 24.3 Å². The van der Waals surface area contributed by atoms with Gasteiger partial charge in [0.25, 0.3) is 5.91 Å². The van der Waals surface area contributed by atoms with Gasteiger partial charge in [-0.25, -0.2) is 0 Å². The summed E-state index contributed by atoms with van der Waals surface area (Å²) in [4.78, 5) is 14.4. The van der Waals surface area contributed by atoms with Crippen molar-refractivity contribution in [2.75, 3.05) is 26.8 Å². The molecule has 0 saturated carbocycles. The molecule has 1 amide bonds. The Morgan fingerprint density at radius 1 is 1.08 bits per heavy atom. The average molecular weight is 339 g/mol. The first-order valence-electron chi connectivity index (χ1n) is 8.78. The van der Waals surface area contributed by atoms with Gasteiger partial charge in [-0.3, -0.25) is 4.79 Å². The number of carbonyl (C=O) groups excluding carboxylic acids is 1. The Balaban J connectivity index is 1.58. The van der Waals surface area contributed by atoms with Crippen molar-refractivity contribution >= 4 is 5.91 Å². The highest BCUT2D eigenvalue weighted by Gasteiger charge is 2.31. The SMILES string of the molecule is CO[C@@H]1CCN(C(=O)COc2ccccc2)C[C@H]1Cc1ccccc1. The van der Waals surface area contributed by atoms with Crippen LogP contribution in [0.1, 0.15) is 12.0 Å². The van der Waals surface area contributed by atoms with Crippen LogP contribution >= 0.6 is 0 Å². The zero-order valence-electron chi connectivity index (χ0n) is 14.6. The summed E-state index contributed by atoms with van der Waals surface area (Å²) in [7, 11) is 1.76. The van der Waals surface area contributed by atoms with E-state index in [9.17, 15) is 4.79 Å². The highest BCUT2D eigenvalue weighted by atomic mass is 16.5. The van der Waals surface area contributed by atoms with Crippen LogP contribution in [0.4, 0.5) is 0 Å². The van der Waals surface area contributed by atoms with Crippen LogP contribution in [-0.4, -0.2) is 43.7 Å². The Morgan fingerprint density at radius 3 is 2.44 bits per heavy atom. The van der Waals surface area contributed by atoms with E-state index in [1.54, 1.807) is 7.11 Å². The highest BCUT2D eigenvalue weighted by molar-refractivity contribution is 5.77. The number of ether oxygens (including phenoxy) is 2. The lowest BCUT2D eigenvalue weighted by Crippen LogP contribution is -2.48. The fourth-order valence-electron chi connectivity index (χ4n) is 3.41. The molecular weight excluding hydrogens is 314 g/mol. The molecular formula is C21H25NO3. The van der Waals surface area contributed by atoms with Crippen LogP contribution in [0.2, 0.25) is 0 Å². The van der Waals surface area contributed by atoms with E-state index in [4.69, 9.17) is 9.47 Å². The number of amides is 1. The molecule has 0 N–H and O–H groups in total. The number of hydrogen-bond donors (Lipinski definition) is 0. The molecule has 0 radical (unpaired) electrons. The van der Waals surface area contributed by atoms with Crippen molar-refractivity contribution < 1.29 is 14.3 Å². The maximum absolute atomic E-state index is 12.5. The molecule has 0 aromatic heterocycles. The molecule has 0 unspecified atom stereocenters. The molecule has 0 bridgehead atoms. The number of rotatable bonds is 6. The topological polar surface area (TPSA) is 38.8 Å². The molecule has 0 aliphatic carbocycles. The minimum atomic E-state index is 0.0384. The lowest BCUT2D eigenvalue weighted by Gasteiger charge is -2.38. The molecule has 2 aromatic rings. The fourth-order valence-corrected chi connectivity index (χ4v) is 3.41. The number of carbonyl (C=O) groups is 1. The van der Waals surface area contributed by atoms with Gasteiger partial charge in [-0.05, 0) is 30.5 Å². The Morgan fingerprint density at radius 2 is 1.76 bits per heavy atom. The van der Waals surface area contributed by atoms with Gasteiger partial charge >= 0.3 is 0 Å². The van der Waals surface area contributed by atoms with Gasteiger partial charge in [0.15, 0.2) is 6.61 Å². The molecule has 1 fully saturated rings. The molecule has 1 aliphatic heterocycles. The van der Waals surface area contributed by atoms with Gasteiger partial charge in [0.2, 0.25) is 0 Å². The van der Waals surface area contributed by atoms with Crippen LogP contribution in [-0.2, 0) is 16.0 Å². The van der Waals surface area contributed by atoms with Crippen LogP contribution in [0.25, 0.3) is 0 Å². The van der Waals surface area contributed by atoms with Crippen molar-refractivity contribution in [2.24, 2.45) is 5.92 Å². The van der Waals surface area contributed by atoms with Crippen LogP contribution in [0.5, 0.6) is 5.75 Å². The third-order valence-electron chi connectivity index (χ3n) is 4.77. The minimum absolute atomic E-state index is 0.0384. The van der Waals surface area contributed by atoms with E-state index in [0.717, 1.165) is 25.1 Å². The van der Waals surface area contributed by atoms with Gasteiger partial charge in [0, 0.05) is 26.1 Å². The number of likely N-dealkylation sites (tertiary alicyclic amines) is 1. The van der Waals surface area contributed by atoms with Crippen molar-refractivity contribution in [1.29, 1.82) is 0 Å². The highest BCUT2D eigenvalue weighted by Crippen LogP contribution is 2.24. The summed E-state index contributed by atoms with van der Waals surface area (Å²) in [6, 6.07) is 19.9. The van der Waals surface area contributed by atoms with Gasteiger partial charge in [0.05, 0.1) is 6.10 Å². The van der Waals surface area contributed by atoms with Gasteiger partial charge in [-0.1, -0.05) is 48.5 Å². The Labute approximate surface area is 149 Å². The second-order valence-corrected chi connectivity index (χ2v) is 6.45. The van der Waals surface area contributed by atoms with Crippen LogP contribution < -0.4 is 4.74 Å². The number of hydrogen-bond acceptors (Lipinski definition) is 3. The number of nitrogens with zero attached hydrogens (tertiary/aromatic N) is 1. The smallest absolute Gasteiger partial charge is 0.260 e. The predicted molar refractivity (Wildman–Crippen MR) is 97.6 cm³/mol. The molecule has 132 valence electrons. The largest absolute Gasteiger partial charge is 0.484 e. The van der Waals surface area contributed by atoms with Crippen LogP contribution in [0.15, 0.2) is 60.7 Å². The maximum Gasteiger partial charge on any atom is 0.260 e. The van der Waals surface area contributed by atoms with Crippen LogP contribution in [0, 0.1) is 5.92 Å². The van der Waals surface area contributed by atoms with Gasteiger partial charge < -0.3 is 14.4 Å². The summed E-state index contributed by atoms with van der Waals surface area (Å²) in [5.74, 6) is 1.07. The summed E-state index contributed by atoms with van der Waals surface area (Å²) in [6.07, 6.45) is 1.98. The summed E-state index contributed by atoms with van der Waals surface area (Å²) < 4.78 is 11.3. The summed E-state index contributed by atoms with van der Waals surface area (Å²) in [5, 5.41) is 0. The molecule has 4 heteroatoms. The second kappa shape index (κ2) is 8.67. The maximum atomic E-state index is 12.5. The Hall–Kier alpha value is -2.33. The second-order valence-electron chi connectivity index (χ2n) is 6.45. The van der Waals surface area contributed by atoms with Gasteiger partial charge in [-0.2, -0.15) is 0 Å². The first-order chi connectivity index (χ1) is 12.3. The van der Waals surface area contributed by atoms with E-state index in [1.165, 1.54) is 5.56 Å². The minimum Gasteiger partial charge on any atom is -0.484 e. The molecule has 3 rings (SSSR count). The third kappa shape index (κ3) is 4.83. The standard InChI is InChI=1S/C21H25NO3/c1-24-20-12-13-22(15-18(20)14-17-8-4-2-5-9-17)21(23)16-25-19-10-6-3-7-11-19/h2-11,18,20H,12-16H2,1H3/t18-,20-/m1/s1. The first-order valence-corrected chi connectivity index (χ1v) is 8.78. The van der Waals surface area contributed by atoms with Crippen molar-refractivity contribution in [1.82, 2.24) is 4.90 Å². The van der Waals surface area contributed by atoms with Gasteiger partial charge in [0.1, 0.15) is 5.75 Å². The van der Waals surface area contributed by atoms with E-state index in [-0.39, 0.29) is 18.6 Å². The molecule has 4 nitrogen and oxygen atoms in total. The quantitative estimate of drug-likeness (QED) is 0.811. The van der Waals surface area contributed by atoms with E-state index >= 15 is 0 Å². The Kier molecular flexibility index (Phi) is 6.07. The average Bonchev–Trinajstić information content (AvgIpc) is 2.67. The number of methoxy groups -OCH3 is 1. The van der Waals surface area contributed by atoms with E-state index < -0.39 is 0 Å². The van der Waals surface area contributed by atoms with E-state index in [1.807, 2.05) is 41.3 Å². The molecule has 1 heterocycles. The zero-order chi connectivity index (χ0) is 17.5. The van der Waals surface area contributed by atoms with Crippen LogP contribution in [0.3, 0.4) is 0 Å². The summed E-state index contributed by atoms with van der Waals surface area (Å²) >= 11 is 0. The number of piperidine rings is 1. The predicted octanol–water partition coefficient (Wildman–Crippen LogP) is 3.17. The zero-order valence-corrected chi connectivity index (χ0v) is 14.6. The fraction of sp³-hybridized carbons (Fsp3) is 0.381. The molecule has 1 saturated heterocycles. The summed E-state index contributed by atoms with van der Waals surface area (Å²) in [6.45, 7) is 1.52. The molecule has 25 heavy (non-hydrogen) atoms. The van der Waals surface area contributed by atoms with Crippen molar-refractivity contribution in [3.8, 4) is 5.75 Å². The summed E-state index contributed by atoms with van der Waals surface area (Å²) in [5.41, 5.74) is 1.28. The number of para-hydroxylation sites is 1. The lowest BCUT2D eigenvalue weighted by molar-refractivity contribution is -0.137. The third-order valence-corrected chi connectivity index (χ3v) is 4.77. The van der Waals surface area contributed by atoms with Gasteiger partial charge in [-0.15, -0.1) is 0 Å². The van der Waals surface area contributed by atoms with Crippen molar-refractivity contribution in [3.05, 3.63) is 66.2 Å². The molecule has 1 aliphatic rings. The van der Waals surface area contributed by atoms with Crippen molar-refractivity contribution in [2.45, 2.75) is 18.9 Å². The first kappa shape index (κ1) is 17.5. The van der Waals surface area contributed by atoms with Crippen molar-refractivity contribution in [3.63, 3.8) is 0 Å². The monoisotopic (exact) mass is 339 g/mol. The Bertz CT molecular complexity index is 659. The molecule has 0 spiro atoms. The normalized spacial score (nSPS) is 20.3. The van der Waals surface area contributed by atoms with E-state index in [0.29, 0.717) is 12.5 Å². The molecule has 2 atom stereocenters. The number of benzene rings is 2. The molecule has 2 aromatic carbocycles. The lowest BCUT2D eigenvalue weighted by atomic mass is 9.88.